The molecular weight excluding hydrogens is 319 g/mol. The Balaban J connectivity index is 2.59. The van der Waals surface area contributed by atoms with Crippen molar-refractivity contribution in [2.45, 2.75) is 13.1 Å². The predicted molar refractivity (Wildman–Crippen MR) is 75.8 cm³/mol. The van der Waals surface area contributed by atoms with E-state index in [1.54, 1.807) is 19.2 Å². The van der Waals surface area contributed by atoms with Gasteiger partial charge in [-0.05, 0) is 23.8 Å². The highest BCUT2D eigenvalue weighted by Gasteiger charge is 2.27. The fourth-order valence-corrected chi connectivity index (χ4v) is 3.22. The van der Waals surface area contributed by atoms with Crippen molar-refractivity contribution in [1.29, 1.82) is 0 Å². The van der Waals surface area contributed by atoms with Crippen LogP contribution in [0.1, 0.15) is 0 Å². The zero-order valence-electron chi connectivity index (χ0n) is 12.1. The Hall–Kier alpha value is -1.73. The summed E-state index contributed by atoms with van der Waals surface area (Å²) in [6, 6.07) is 5.79. The van der Waals surface area contributed by atoms with Gasteiger partial charge in [0, 0.05) is 7.11 Å². The molecule has 0 saturated heterocycles. The van der Waals surface area contributed by atoms with Crippen LogP contribution < -0.4 is 5.19 Å². The summed E-state index contributed by atoms with van der Waals surface area (Å²) in [5.41, 5.74) is -1.02. The van der Waals surface area contributed by atoms with Gasteiger partial charge in [-0.1, -0.05) is 24.3 Å². The van der Waals surface area contributed by atoms with Gasteiger partial charge in [-0.2, -0.15) is 0 Å². The van der Waals surface area contributed by atoms with Crippen LogP contribution in [0.2, 0.25) is 13.1 Å². The minimum atomic E-state index is -2.16. The Morgan fingerprint density at radius 3 is 1.55 bits per heavy atom. The Morgan fingerprint density at radius 1 is 0.727 bits per heavy atom. The summed E-state index contributed by atoms with van der Waals surface area (Å²) in [4.78, 5) is 0. The molecule has 0 aliphatic heterocycles. The summed E-state index contributed by atoms with van der Waals surface area (Å²) in [6.07, 6.45) is 0. The Bertz CT molecular complexity index is 684. The molecular formula is C15H13F5OSi. The highest BCUT2D eigenvalue weighted by molar-refractivity contribution is 6.84. The average molecular weight is 332 g/mol. The minimum absolute atomic E-state index is 0.0857. The van der Waals surface area contributed by atoms with Gasteiger partial charge in [0.1, 0.15) is 0 Å². The van der Waals surface area contributed by atoms with Gasteiger partial charge >= 0.3 is 0 Å². The van der Waals surface area contributed by atoms with E-state index in [9.17, 15) is 22.0 Å². The lowest BCUT2D eigenvalue weighted by molar-refractivity contribution is 0.381. The Labute approximate surface area is 125 Å². The van der Waals surface area contributed by atoms with Crippen molar-refractivity contribution >= 4 is 13.5 Å². The molecule has 2 aromatic carbocycles. The van der Waals surface area contributed by atoms with Crippen molar-refractivity contribution in [1.82, 2.24) is 0 Å². The second-order valence-electron chi connectivity index (χ2n) is 5.24. The monoisotopic (exact) mass is 332 g/mol. The first-order chi connectivity index (χ1) is 10.2. The summed E-state index contributed by atoms with van der Waals surface area (Å²) in [6.45, 7) is 3.83. The van der Waals surface area contributed by atoms with Crippen LogP contribution in [0, 0.1) is 29.1 Å². The molecule has 2 aromatic rings. The molecule has 0 heterocycles. The molecule has 22 heavy (non-hydrogen) atoms. The lowest BCUT2D eigenvalue weighted by Gasteiger charge is -2.20. The van der Waals surface area contributed by atoms with Crippen molar-refractivity contribution in [2.75, 3.05) is 7.11 Å². The molecule has 2 rings (SSSR count). The van der Waals surface area contributed by atoms with Gasteiger partial charge in [-0.25, -0.2) is 22.0 Å². The lowest BCUT2D eigenvalue weighted by atomic mass is 10.0. The predicted octanol–water partition coefficient (Wildman–Crippen LogP) is 4.11. The van der Waals surface area contributed by atoms with Gasteiger partial charge in [-0.15, -0.1) is 0 Å². The van der Waals surface area contributed by atoms with Crippen molar-refractivity contribution in [3.8, 4) is 11.1 Å². The number of hydrogen-bond donors (Lipinski definition) is 0. The standard InChI is InChI=1S/C15H13F5OSi/c1-21-22(2,3)9-6-4-8(5-7-9)10-11(16)13(18)15(20)14(19)12(10)17/h4-7H,1-3H3. The molecule has 0 unspecified atom stereocenters. The van der Waals surface area contributed by atoms with Crippen molar-refractivity contribution < 1.29 is 26.4 Å². The molecule has 1 nitrogen and oxygen atoms in total. The molecule has 7 heteroatoms. The number of benzene rings is 2. The summed E-state index contributed by atoms with van der Waals surface area (Å²) < 4.78 is 72.4. The highest BCUT2D eigenvalue weighted by Crippen LogP contribution is 2.31. The maximum absolute atomic E-state index is 13.8. The molecule has 0 bridgehead atoms. The first-order valence-corrected chi connectivity index (χ1v) is 9.29. The van der Waals surface area contributed by atoms with Gasteiger partial charge < -0.3 is 4.43 Å². The summed E-state index contributed by atoms with van der Waals surface area (Å²) in [7, 11) is -0.571. The van der Waals surface area contributed by atoms with Crippen LogP contribution in [0.4, 0.5) is 22.0 Å². The van der Waals surface area contributed by atoms with Crippen LogP contribution in [0.15, 0.2) is 24.3 Å². The fraction of sp³-hybridized carbons (Fsp3) is 0.200. The highest BCUT2D eigenvalue weighted by atomic mass is 28.4. The van der Waals surface area contributed by atoms with E-state index in [0.717, 1.165) is 5.19 Å². The molecule has 0 atom stereocenters. The third kappa shape index (κ3) is 2.66. The van der Waals surface area contributed by atoms with Crippen LogP contribution in [0.5, 0.6) is 0 Å². The van der Waals surface area contributed by atoms with Gasteiger partial charge in [0.15, 0.2) is 23.3 Å². The van der Waals surface area contributed by atoms with Gasteiger partial charge in [0.05, 0.1) is 5.56 Å². The maximum Gasteiger partial charge on any atom is 0.217 e. The van der Waals surface area contributed by atoms with E-state index in [1.807, 2.05) is 13.1 Å². The average Bonchev–Trinajstić information content (AvgIpc) is 2.52. The van der Waals surface area contributed by atoms with E-state index in [2.05, 4.69) is 0 Å². The smallest absolute Gasteiger partial charge is 0.217 e. The first-order valence-electron chi connectivity index (χ1n) is 6.38. The molecule has 0 aromatic heterocycles. The summed E-state index contributed by atoms with van der Waals surface area (Å²) in [5, 5.41) is 0.836. The molecule has 0 aliphatic rings. The van der Waals surface area contributed by atoms with E-state index in [-0.39, 0.29) is 5.56 Å². The zero-order chi connectivity index (χ0) is 16.7. The van der Waals surface area contributed by atoms with Crippen LogP contribution in [0.3, 0.4) is 0 Å². The number of hydrogen-bond acceptors (Lipinski definition) is 1. The van der Waals surface area contributed by atoms with Crippen LogP contribution in [-0.4, -0.2) is 15.4 Å². The SMILES string of the molecule is CO[Si](C)(C)c1ccc(-c2c(F)c(F)c(F)c(F)c2F)cc1. The molecule has 0 radical (unpaired) electrons. The lowest BCUT2D eigenvalue weighted by Crippen LogP contribution is -2.43. The molecule has 118 valence electrons. The normalized spacial score (nSPS) is 11.8. The van der Waals surface area contributed by atoms with Gasteiger partial charge in [0.25, 0.3) is 0 Å². The van der Waals surface area contributed by atoms with Crippen molar-refractivity contribution in [3.63, 3.8) is 0 Å². The van der Waals surface area contributed by atoms with Crippen LogP contribution in [-0.2, 0) is 4.43 Å². The van der Waals surface area contributed by atoms with Crippen molar-refractivity contribution in [3.05, 3.63) is 53.4 Å². The molecule has 0 saturated carbocycles. The van der Waals surface area contributed by atoms with E-state index in [0.29, 0.717) is 0 Å². The molecule has 0 N–H and O–H groups in total. The fourth-order valence-electron chi connectivity index (χ4n) is 2.01. The summed E-state index contributed by atoms with van der Waals surface area (Å²) in [5.74, 6) is -9.75. The topological polar surface area (TPSA) is 9.23 Å². The maximum atomic E-state index is 13.8. The Morgan fingerprint density at radius 2 is 1.14 bits per heavy atom. The molecule has 0 aliphatic carbocycles. The summed E-state index contributed by atoms with van der Waals surface area (Å²) >= 11 is 0. The Kier molecular flexibility index (Phi) is 4.39. The minimum Gasteiger partial charge on any atom is -0.416 e. The zero-order valence-corrected chi connectivity index (χ0v) is 13.1. The van der Waals surface area contributed by atoms with Gasteiger partial charge in [0.2, 0.25) is 14.1 Å². The van der Waals surface area contributed by atoms with Gasteiger partial charge in [-0.3, -0.25) is 0 Å². The van der Waals surface area contributed by atoms with E-state index < -0.39 is 43.0 Å². The van der Waals surface area contributed by atoms with E-state index in [1.165, 1.54) is 12.1 Å². The number of halogens is 5. The van der Waals surface area contributed by atoms with Crippen LogP contribution >= 0.6 is 0 Å². The molecule has 0 spiro atoms. The number of rotatable bonds is 3. The van der Waals surface area contributed by atoms with E-state index >= 15 is 0 Å². The molecule has 0 fully saturated rings. The van der Waals surface area contributed by atoms with Crippen molar-refractivity contribution in [2.24, 2.45) is 0 Å². The van der Waals surface area contributed by atoms with E-state index in [4.69, 9.17) is 4.43 Å². The second kappa shape index (κ2) is 5.81. The third-order valence-electron chi connectivity index (χ3n) is 3.59. The second-order valence-corrected chi connectivity index (χ2v) is 9.24. The largest absolute Gasteiger partial charge is 0.416 e. The quantitative estimate of drug-likeness (QED) is 0.356. The van der Waals surface area contributed by atoms with Crippen LogP contribution in [0.25, 0.3) is 11.1 Å². The third-order valence-corrected chi connectivity index (χ3v) is 6.33. The molecule has 0 amide bonds. The first kappa shape index (κ1) is 16.6.